The fourth-order valence-corrected chi connectivity index (χ4v) is 3.89. The number of carbonyl (C=O) groups excluding carboxylic acids is 2. The van der Waals surface area contributed by atoms with Gasteiger partial charge in [0.1, 0.15) is 24.4 Å². The van der Waals surface area contributed by atoms with Crippen molar-refractivity contribution >= 4 is 39.9 Å². The van der Waals surface area contributed by atoms with Gasteiger partial charge >= 0.3 is 0 Å². The van der Waals surface area contributed by atoms with Gasteiger partial charge in [0.15, 0.2) is 11.6 Å². The summed E-state index contributed by atoms with van der Waals surface area (Å²) in [7, 11) is 0. The number of ether oxygens (including phenoxy) is 1. The number of hydrogen-bond acceptors (Lipinski definition) is 7. The molecule has 4 aromatic rings. The number of rotatable bonds is 12. The molecule has 2 heterocycles. The molecule has 2 aromatic heterocycles. The monoisotopic (exact) mass is 536 g/mol. The second-order valence-corrected chi connectivity index (χ2v) is 8.69. The van der Waals surface area contributed by atoms with Gasteiger partial charge in [0.05, 0.1) is 29.7 Å². The van der Waals surface area contributed by atoms with Crippen LogP contribution in [0.4, 0.5) is 26.0 Å². The highest BCUT2D eigenvalue weighted by molar-refractivity contribution is 5.92. The normalized spacial score (nSPS) is 10.9. The number of aromatic nitrogens is 4. The zero-order valence-electron chi connectivity index (χ0n) is 21.4. The van der Waals surface area contributed by atoms with E-state index >= 15 is 0 Å². The summed E-state index contributed by atoms with van der Waals surface area (Å²) in [6, 6.07) is 9.00. The molecule has 0 saturated carbocycles. The maximum Gasteiger partial charge on any atom is 0.246 e. The predicted molar refractivity (Wildman–Crippen MR) is 142 cm³/mol. The lowest BCUT2D eigenvalue weighted by atomic mass is 10.2. The van der Waals surface area contributed by atoms with Crippen molar-refractivity contribution in [1.29, 1.82) is 0 Å². The van der Waals surface area contributed by atoms with Gasteiger partial charge in [0.2, 0.25) is 11.8 Å². The van der Waals surface area contributed by atoms with Crippen LogP contribution in [0.15, 0.2) is 55.1 Å². The fourth-order valence-electron chi connectivity index (χ4n) is 3.89. The average molecular weight is 537 g/mol. The van der Waals surface area contributed by atoms with E-state index in [1.807, 2.05) is 19.1 Å². The molecule has 203 valence electrons. The minimum atomic E-state index is -1.12. The molecule has 0 atom stereocenters. The zero-order valence-corrected chi connectivity index (χ0v) is 21.4. The molecule has 0 aliphatic rings. The zero-order chi connectivity index (χ0) is 27.8. The molecule has 0 saturated heterocycles. The Balaban J connectivity index is 1.35. The number of anilines is 3. The summed E-state index contributed by atoms with van der Waals surface area (Å²) in [6.07, 6.45) is 6.07. The van der Waals surface area contributed by atoms with Crippen LogP contribution in [0.25, 0.3) is 10.9 Å². The molecule has 0 aliphatic carbocycles. The van der Waals surface area contributed by atoms with E-state index in [9.17, 15) is 18.4 Å². The van der Waals surface area contributed by atoms with Gasteiger partial charge in [-0.3, -0.25) is 14.3 Å². The Kier molecular flexibility index (Phi) is 8.97. The molecule has 0 spiro atoms. The van der Waals surface area contributed by atoms with Crippen LogP contribution in [-0.2, 0) is 16.1 Å². The van der Waals surface area contributed by atoms with Crippen molar-refractivity contribution < 1.29 is 23.1 Å². The van der Waals surface area contributed by atoms with Crippen molar-refractivity contribution in [3.05, 3.63) is 73.7 Å². The van der Waals surface area contributed by atoms with Crippen molar-refractivity contribution in [1.82, 2.24) is 24.6 Å². The van der Waals surface area contributed by atoms with Crippen molar-refractivity contribution in [2.24, 2.45) is 0 Å². The third-order valence-electron chi connectivity index (χ3n) is 5.72. The Morgan fingerprint density at radius 2 is 2.00 bits per heavy atom. The van der Waals surface area contributed by atoms with Crippen LogP contribution in [0.5, 0.6) is 5.75 Å². The smallest absolute Gasteiger partial charge is 0.246 e. The van der Waals surface area contributed by atoms with Gasteiger partial charge in [0.25, 0.3) is 0 Å². The van der Waals surface area contributed by atoms with Crippen molar-refractivity contribution in [3.8, 4) is 5.75 Å². The molecule has 0 aliphatic heterocycles. The summed E-state index contributed by atoms with van der Waals surface area (Å²) in [5.41, 5.74) is 0.985. The molecule has 0 unspecified atom stereocenters. The summed E-state index contributed by atoms with van der Waals surface area (Å²) in [5, 5.41) is 10.4. The van der Waals surface area contributed by atoms with E-state index in [2.05, 4.69) is 32.6 Å². The number of fused-ring (bicyclic) bond motifs is 1. The van der Waals surface area contributed by atoms with Gasteiger partial charge in [-0.05, 0) is 37.1 Å². The number of nitrogens with one attached hydrogen (secondary N) is 2. The lowest BCUT2D eigenvalue weighted by molar-refractivity contribution is -0.126. The van der Waals surface area contributed by atoms with E-state index in [1.54, 1.807) is 17.2 Å². The van der Waals surface area contributed by atoms with Crippen LogP contribution >= 0.6 is 0 Å². The molecule has 0 bridgehead atoms. The molecule has 1 radical (unpaired) electrons. The second-order valence-electron chi connectivity index (χ2n) is 8.69. The maximum atomic E-state index is 13.8. The highest BCUT2D eigenvalue weighted by Gasteiger charge is 2.13. The molecule has 2 aromatic carbocycles. The predicted octanol–water partition coefficient (Wildman–Crippen LogP) is 4.33. The van der Waals surface area contributed by atoms with E-state index < -0.39 is 17.5 Å². The minimum Gasteiger partial charge on any atom is -0.493 e. The Morgan fingerprint density at radius 3 is 2.79 bits per heavy atom. The van der Waals surface area contributed by atoms with Crippen LogP contribution in [-0.4, -0.2) is 56.2 Å². The Bertz CT molecular complexity index is 1460. The first kappa shape index (κ1) is 27.4. The molecule has 4 rings (SSSR count). The average Bonchev–Trinajstić information content (AvgIpc) is 3.34. The molecule has 2 N–H and O–H groups in total. The Labute approximate surface area is 224 Å². The second kappa shape index (κ2) is 12.8. The largest absolute Gasteiger partial charge is 0.493 e. The summed E-state index contributed by atoms with van der Waals surface area (Å²) in [6.45, 7) is 6.98. The van der Waals surface area contributed by atoms with E-state index in [4.69, 9.17) is 4.74 Å². The quantitative estimate of drug-likeness (QED) is 0.259. The third kappa shape index (κ3) is 7.24. The topological polar surface area (TPSA) is 114 Å². The van der Waals surface area contributed by atoms with Gasteiger partial charge < -0.3 is 20.3 Å². The molecule has 2 amide bonds. The number of hydrogen-bond donors (Lipinski definition) is 2. The summed E-state index contributed by atoms with van der Waals surface area (Å²) >= 11 is 0. The number of nitrogens with zero attached hydrogens (tertiary/aromatic N) is 5. The van der Waals surface area contributed by atoms with E-state index in [-0.39, 0.29) is 18.1 Å². The van der Waals surface area contributed by atoms with Gasteiger partial charge in [-0.1, -0.05) is 13.0 Å². The van der Waals surface area contributed by atoms with E-state index in [0.29, 0.717) is 48.9 Å². The summed E-state index contributed by atoms with van der Waals surface area (Å²) < 4.78 is 34.4. The molecular formula is C27H28F2N7O3. The van der Waals surface area contributed by atoms with Crippen molar-refractivity contribution in [2.45, 2.75) is 26.3 Å². The molecule has 10 nitrogen and oxygen atoms in total. The lowest BCUT2D eigenvalue weighted by Crippen LogP contribution is -2.31. The number of benzene rings is 2. The SMILES string of the molecule is [CH2]C(=O)N(CCC)CCCOc1ccc2c(Nc3cnn(CC(=O)Nc4cccc(F)c4F)c3)ncnc2c1. The highest BCUT2D eigenvalue weighted by atomic mass is 19.2. The number of amides is 2. The van der Waals surface area contributed by atoms with Crippen LogP contribution in [0, 0.1) is 18.6 Å². The van der Waals surface area contributed by atoms with E-state index in [1.165, 1.54) is 29.3 Å². The van der Waals surface area contributed by atoms with Crippen molar-refractivity contribution in [3.63, 3.8) is 0 Å². The Hall–Kier alpha value is -4.61. The van der Waals surface area contributed by atoms with Crippen LogP contribution in [0.3, 0.4) is 0 Å². The van der Waals surface area contributed by atoms with Crippen LogP contribution in [0.1, 0.15) is 19.8 Å². The van der Waals surface area contributed by atoms with Gasteiger partial charge in [-0.25, -0.2) is 18.7 Å². The van der Waals surface area contributed by atoms with E-state index in [0.717, 1.165) is 17.9 Å². The third-order valence-corrected chi connectivity index (χ3v) is 5.72. The first-order chi connectivity index (χ1) is 18.8. The van der Waals surface area contributed by atoms with Crippen molar-refractivity contribution in [2.75, 3.05) is 30.3 Å². The summed E-state index contributed by atoms with van der Waals surface area (Å²) in [5.74, 6) is -1.75. The highest BCUT2D eigenvalue weighted by Crippen LogP contribution is 2.26. The standard InChI is InChI=1S/C27H28F2N7O3/c1-3-10-35(18(2)37)11-5-12-39-20-8-9-21-24(13-20)30-17-31-27(21)33-19-14-32-36(15-19)16-25(38)34-23-7-4-6-22(28)26(23)29/h4,6-9,13-15,17H,2-3,5,10-12,16H2,1H3,(H,34,38)(H,30,31,33). The van der Waals surface area contributed by atoms with Gasteiger partial charge in [0, 0.05) is 37.7 Å². The molecule has 0 fully saturated rings. The minimum absolute atomic E-state index is 0.188. The first-order valence-corrected chi connectivity index (χ1v) is 12.4. The number of halogens is 2. The first-order valence-electron chi connectivity index (χ1n) is 12.4. The molecule has 39 heavy (non-hydrogen) atoms. The fraction of sp³-hybridized carbons (Fsp3) is 0.259. The van der Waals surface area contributed by atoms with Crippen LogP contribution < -0.4 is 15.4 Å². The van der Waals surface area contributed by atoms with Gasteiger partial charge in [-0.15, -0.1) is 0 Å². The Morgan fingerprint density at radius 1 is 1.15 bits per heavy atom. The lowest BCUT2D eigenvalue weighted by Gasteiger charge is -2.20. The molecule has 12 heteroatoms. The number of carbonyl (C=O) groups is 2. The molecular weight excluding hydrogens is 508 g/mol. The van der Waals surface area contributed by atoms with Crippen LogP contribution in [0.2, 0.25) is 0 Å². The van der Waals surface area contributed by atoms with Gasteiger partial charge in [-0.2, -0.15) is 5.10 Å². The maximum absolute atomic E-state index is 13.8. The summed E-state index contributed by atoms with van der Waals surface area (Å²) in [4.78, 5) is 34.2.